The minimum Gasteiger partial charge on any atom is -0.382 e. The van der Waals surface area contributed by atoms with Gasteiger partial charge in [0.2, 0.25) is 0 Å². The van der Waals surface area contributed by atoms with E-state index in [1.165, 1.54) is 35.7 Å². The van der Waals surface area contributed by atoms with Crippen molar-refractivity contribution in [2.45, 2.75) is 46.1 Å². The largest absolute Gasteiger partial charge is 0.382 e. The fourth-order valence-corrected chi connectivity index (χ4v) is 4.90. The molecule has 4 rings (SSSR count). The molecule has 21 heavy (non-hydrogen) atoms. The quantitative estimate of drug-likeness (QED) is 0.769. The van der Waals surface area contributed by atoms with Gasteiger partial charge in [-0.1, -0.05) is 51.1 Å². The van der Waals surface area contributed by atoms with E-state index in [-0.39, 0.29) is 0 Å². The van der Waals surface area contributed by atoms with E-state index in [4.69, 9.17) is 0 Å². The second kappa shape index (κ2) is 4.25. The van der Waals surface area contributed by atoms with Gasteiger partial charge in [-0.25, -0.2) is 0 Å². The van der Waals surface area contributed by atoms with Crippen LogP contribution < -0.4 is 5.32 Å². The van der Waals surface area contributed by atoms with Gasteiger partial charge in [0.1, 0.15) is 0 Å². The van der Waals surface area contributed by atoms with Gasteiger partial charge in [-0.05, 0) is 58.9 Å². The maximum Gasteiger partial charge on any atom is 0.0348 e. The number of anilines is 1. The molecule has 0 aliphatic heterocycles. The van der Waals surface area contributed by atoms with Gasteiger partial charge in [0.15, 0.2) is 0 Å². The molecule has 2 bridgehead atoms. The topological polar surface area (TPSA) is 12.0 Å². The zero-order valence-electron chi connectivity index (χ0n) is 13.3. The van der Waals surface area contributed by atoms with Crippen molar-refractivity contribution in [3.05, 3.63) is 42.5 Å². The molecule has 3 atom stereocenters. The first-order chi connectivity index (χ1) is 10.0. The molecule has 1 N–H and O–H groups in total. The van der Waals surface area contributed by atoms with Crippen LogP contribution in [0.15, 0.2) is 42.5 Å². The van der Waals surface area contributed by atoms with E-state index in [0.717, 1.165) is 5.92 Å². The molecule has 2 aromatic rings. The van der Waals surface area contributed by atoms with E-state index in [2.05, 4.69) is 68.6 Å². The van der Waals surface area contributed by atoms with Crippen LogP contribution in [0.5, 0.6) is 0 Å². The Morgan fingerprint density at radius 3 is 2.43 bits per heavy atom. The van der Waals surface area contributed by atoms with Crippen molar-refractivity contribution in [1.82, 2.24) is 0 Å². The summed E-state index contributed by atoms with van der Waals surface area (Å²) in [5.41, 5.74) is 2.19. The first kappa shape index (κ1) is 13.2. The van der Waals surface area contributed by atoms with E-state index < -0.39 is 0 Å². The molecule has 0 amide bonds. The predicted octanol–water partition coefficient (Wildman–Crippen LogP) is 5.47. The van der Waals surface area contributed by atoms with E-state index >= 15 is 0 Å². The summed E-state index contributed by atoms with van der Waals surface area (Å²) >= 11 is 0. The van der Waals surface area contributed by atoms with E-state index in [9.17, 15) is 0 Å². The molecule has 1 nitrogen and oxygen atoms in total. The van der Waals surface area contributed by atoms with Crippen LogP contribution in [0.3, 0.4) is 0 Å². The highest BCUT2D eigenvalue weighted by Crippen LogP contribution is 2.65. The van der Waals surface area contributed by atoms with Gasteiger partial charge in [-0.15, -0.1) is 0 Å². The predicted molar refractivity (Wildman–Crippen MR) is 90.6 cm³/mol. The third-order valence-electron chi connectivity index (χ3n) is 6.88. The Morgan fingerprint density at radius 1 is 1.00 bits per heavy atom. The van der Waals surface area contributed by atoms with Crippen LogP contribution >= 0.6 is 0 Å². The molecular weight excluding hydrogens is 254 g/mol. The average molecular weight is 279 g/mol. The average Bonchev–Trinajstić information content (AvgIpc) is 2.80. The Kier molecular flexibility index (Phi) is 2.67. The van der Waals surface area contributed by atoms with Crippen molar-refractivity contribution in [3.8, 4) is 0 Å². The summed E-state index contributed by atoms with van der Waals surface area (Å²) in [6.45, 7) is 7.46. The second-order valence-electron chi connectivity index (χ2n) is 7.87. The lowest BCUT2D eigenvalue weighted by Gasteiger charge is -2.40. The number of benzene rings is 2. The van der Waals surface area contributed by atoms with E-state index in [1.807, 2.05) is 0 Å². The first-order valence-electron chi connectivity index (χ1n) is 8.26. The molecule has 0 aromatic heterocycles. The zero-order chi connectivity index (χ0) is 14.7. The number of rotatable bonds is 2. The number of fused-ring (bicyclic) bond motifs is 3. The zero-order valence-corrected chi connectivity index (χ0v) is 13.3. The fraction of sp³-hybridized carbons (Fsp3) is 0.500. The fourth-order valence-electron chi connectivity index (χ4n) is 4.90. The van der Waals surface area contributed by atoms with Crippen molar-refractivity contribution in [2.75, 3.05) is 5.32 Å². The van der Waals surface area contributed by atoms with Gasteiger partial charge < -0.3 is 5.32 Å². The summed E-state index contributed by atoms with van der Waals surface area (Å²) < 4.78 is 0. The summed E-state index contributed by atoms with van der Waals surface area (Å²) in [5, 5.41) is 6.51. The Balaban J connectivity index is 1.64. The molecule has 1 heteroatoms. The van der Waals surface area contributed by atoms with Gasteiger partial charge >= 0.3 is 0 Å². The molecule has 0 radical (unpaired) electrons. The Bertz CT molecular complexity index is 687. The maximum atomic E-state index is 3.86. The van der Waals surface area contributed by atoms with Crippen LogP contribution in [-0.4, -0.2) is 6.04 Å². The van der Waals surface area contributed by atoms with Crippen molar-refractivity contribution < 1.29 is 0 Å². The Hall–Kier alpha value is -1.50. The van der Waals surface area contributed by atoms with Crippen LogP contribution in [-0.2, 0) is 0 Å². The monoisotopic (exact) mass is 279 g/mol. The molecule has 0 saturated heterocycles. The van der Waals surface area contributed by atoms with Gasteiger partial charge in [0.05, 0.1) is 0 Å². The highest BCUT2D eigenvalue weighted by Gasteiger charge is 2.61. The van der Waals surface area contributed by atoms with Crippen molar-refractivity contribution in [2.24, 2.45) is 16.7 Å². The SMILES string of the molecule is CC1(C)C2CCC1(C)C(Nc1ccc3ccccc3c1)C2. The second-order valence-corrected chi connectivity index (χ2v) is 7.87. The number of nitrogens with one attached hydrogen (secondary N) is 1. The standard InChI is InChI=1S/C20H25N/c1-19(2)16-10-11-20(19,3)18(13-16)21-17-9-8-14-6-4-5-7-15(14)12-17/h4-9,12,16,18,21H,10-11,13H2,1-3H3. The third-order valence-corrected chi connectivity index (χ3v) is 6.88. The molecular formula is C20H25N. The highest BCUT2D eigenvalue weighted by atomic mass is 15.0. The van der Waals surface area contributed by atoms with Crippen molar-refractivity contribution in [1.29, 1.82) is 0 Å². The van der Waals surface area contributed by atoms with Gasteiger partial charge in [-0.2, -0.15) is 0 Å². The normalized spacial score (nSPS) is 33.5. The van der Waals surface area contributed by atoms with Crippen molar-refractivity contribution in [3.63, 3.8) is 0 Å². The Morgan fingerprint density at radius 2 is 1.76 bits per heavy atom. The molecule has 0 heterocycles. The van der Waals surface area contributed by atoms with Crippen LogP contribution in [0, 0.1) is 16.7 Å². The summed E-state index contributed by atoms with van der Waals surface area (Å²) in [6, 6.07) is 16.0. The van der Waals surface area contributed by atoms with Crippen LogP contribution in [0.1, 0.15) is 40.0 Å². The molecule has 2 aliphatic carbocycles. The summed E-state index contributed by atoms with van der Waals surface area (Å²) in [6.07, 6.45) is 4.12. The van der Waals surface area contributed by atoms with Crippen LogP contribution in [0.2, 0.25) is 0 Å². The molecule has 2 fully saturated rings. The lowest BCUT2D eigenvalue weighted by molar-refractivity contribution is 0.142. The van der Waals surface area contributed by atoms with E-state index in [1.54, 1.807) is 0 Å². The third kappa shape index (κ3) is 1.76. The van der Waals surface area contributed by atoms with Crippen LogP contribution in [0.4, 0.5) is 5.69 Å². The van der Waals surface area contributed by atoms with E-state index in [0.29, 0.717) is 16.9 Å². The highest BCUT2D eigenvalue weighted by molar-refractivity contribution is 5.85. The summed E-state index contributed by atoms with van der Waals surface area (Å²) in [5.74, 6) is 0.889. The molecule has 2 saturated carbocycles. The van der Waals surface area contributed by atoms with Gasteiger partial charge in [0.25, 0.3) is 0 Å². The number of hydrogen-bond acceptors (Lipinski definition) is 1. The molecule has 3 unspecified atom stereocenters. The molecule has 110 valence electrons. The molecule has 2 aromatic carbocycles. The maximum absolute atomic E-state index is 3.86. The van der Waals surface area contributed by atoms with Crippen LogP contribution in [0.25, 0.3) is 10.8 Å². The molecule has 2 aliphatic rings. The van der Waals surface area contributed by atoms with Gasteiger partial charge in [0, 0.05) is 11.7 Å². The first-order valence-corrected chi connectivity index (χ1v) is 8.26. The van der Waals surface area contributed by atoms with Crippen molar-refractivity contribution >= 4 is 16.5 Å². The Labute approximate surface area is 127 Å². The number of hydrogen-bond donors (Lipinski definition) is 1. The minimum absolute atomic E-state index is 0.434. The lowest BCUT2D eigenvalue weighted by Crippen LogP contribution is -2.40. The molecule has 0 spiro atoms. The summed E-state index contributed by atoms with van der Waals surface area (Å²) in [7, 11) is 0. The van der Waals surface area contributed by atoms with Gasteiger partial charge in [-0.3, -0.25) is 0 Å². The smallest absolute Gasteiger partial charge is 0.0348 e. The minimum atomic E-state index is 0.434. The summed E-state index contributed by atoms with van der Waals surface area (Å²) in [4.78, 5) is 0. The lowest BCUT2D eigenvalue weighted by atomic mass is 9.69.